The van der Waals surface area contributed by atoms with Crippen LogP contribution in [0, 0.1) is 0 Å². The minimum atomic E-state index is -1.05. The average molecular weight is 156 g/mol. The Balaban J connectivity index is 2.56. The van der Waals surface area contributed by atoms with Gasteiger partial charge < -0.3 is 15.2 Å². The molecule has 0 aliphatic rings. The number of aliphatic hydroxyl groups excluding tert-OH is 1. The first-order valence-electron chi connectivity index (χ1n) is 3.09. The van der Waals surface area contributed by atoms with Gasteiger partial charge in [0.05, 0.1) is 6.42 Å². The Morgan fingerprint density at radius 2 is 2.55 bits per heavy atom. The van der Waals surface area contributed by atoms with Gasteiger partial charge in [-0.2, -0.15) is 0 Å². The lowest BCUT2D eigenvalue weighted by Crippen LogP contribution is -2.06. The Labute approximate surface area is 62.7 Å². The van der Waals surface area contributed by atoms with Crippen molar-refractivity contribution in [1.82, 2.24) is 9.97 Å². The fourth-order valence-electron chi connectivity index (χ4n) is 0.722. The molecule has 0 aliphatic carbocycles. The lowest BCUT2D eigenvalue weighted by Gasteiger charge is -2.01. The third-order valence-electron chi connectivity index (χ3n) is 1.20. The normalized spacial score (nSPS) is 12.8. The largest absolute Gasteiger partial charge is 0.481 e. The van der Waals surface area contributed by atoms with Gasteiger partial charge in [-0.25, -0.2) is 4.98 Å². The summed E-state index contributed by atoms with van der Waals surface area (Å²) >= 11 is 0. The van der Waals surface area contributed by atoms with E-state index in [1.54, 1.807) is 0 Å². The summed E-state index contributed by atoms with van der Waals surface area (Å²) in [6.45, 7) is 0. The number of carboxylic acid groups (broad SMARTS) is 1. The monoisotopic (exact) mass is 156 g/mol. The Morgan fingerprint density at radius 3 is 3.00 bits per heavy atom. The lowest BCUT2D eigenvalue weighted by molar-refractivity contribution is -0.139. The second-order valence-electron chi connectivity index (χ2n) is 2.09. The van der Waals surface area contributed by atoms with E-state index in [2.05, 4.69) is 9.97 Å². The summed E-state index contributed by atoms with van der Waals surface area (Å²) in [5.41, 5.74) is 0. The average Bonchev–Trinajstić information content (AvgIpc) is 2.35. The van der Waals surface area contributed by atoms with Crippen molar-refractivity contribution in [3.05, 3.63) is 18.2 Å². The molecule has 5 nitrogen and oxygen atoms in total. The van der Waals surface area contributed by atoms with Gasteiger partial charge in [0.25, 0.3) is 0 Å². The van der Waals surface area contributed by atoms with Gasteiger partial charge in [-0.15, -0.1) is 0 Å². The van der Waals surface area contributed by atoms with Crippen molar-refractivity contribution in [2.24, 2.45) is 0 Å². The van der Waals surface area contributed by atoms with Crippen LogP contribution in [0.3, 0.4) is 0 Å². The van der Waals surface area contributed by atoms with Crippen molar-refractivity contribution >= 4 is 5.97 Å². The number of aromatic nitrogens is 2. The number of aromatic amines is 1. The zero-order chi connectivity index (χ0) is 8.27. The summed E-state index contributed by atoms with van der Waals surface area (Å²) in [5.74, 6) is -0.763. The molecule has 0 aliphatic heterocycles. The Bertz CT molecular complexity index is 232. The van der Waals surface area contributed by atoms with E-state index in [0.717, 1.165) is 0 Å². The first kappa shape index (κ1) is 7.74. The zero-order valence-corrected chi connectivity index (χ0v) is 5.69. The predicted molar refractivity (Wildman–Crippen MR) is 35.8 cm³/mol. The van der Waals surface area contributed by atoms with Crippen LogP contribution >= 0.6 is 0 Å². The molecule has 0 unspecified atom stereocenters. The van der Waals surface area contributed by atoms with E-state index in [9.17, 15) is 4.79 Å². The van der Waals surface area contributed by atoms with Gasteiger partial charge in [-0.1, -0.05) is 0 Å². The molecule has 1 aromatic rings. The summed E-state index contributed by atoms with van der Waals surface area (Å²) < 4.78 is 0. The van der Waals surface area contributed by atoms with Crippen molar-refractivity contribution in [3.8, 4) is 0 Å². The van der Waals surface area contributed by atoms with Crippen LogP contribution in [-0.4, -0.2) is 26.2 Å². The highest BCUT2D eigenvalue weighted by atomic mass is 16.4. The van der Waals surface area contributed by atoms with Crippen molar-refractivity contribution in [1.29, 1.82) is 0 Å². The van der Waals surface area contributed by atoms with E-state index >= 15 is 0 Å². The first-order chi connectivity index (χ1) is 5.20. The molecule has 0 amide bonds. The van der Waals surface area contributed by atoms with Crippen molar-refractivity contribution < 1.29 is 15.0 Å². The van der Waals surface area contributed by atoms with Crippen LogP contribution in [0.5, 0.6) is 0 Å². The summed E-state index contributed by atoms with van der Waals surface area (Å²) in [5, 5.41) is 17.4. The number of nitrogens with one attached hydrogen (secondary N) is 1. The van der Waals surface area contributed by atoms with E-state index in [4.69, 9.17) is 10.2 Å². The Kier molecular flexibility index (Phi) is 2.22. The molecule has 60 valence electrons. The minimum Gasteiger partial charge on any atom is -0.481 e. The van der Waals surface area contributed by atoms with Crippen LogP contribution in [-0.2, 0) is 4.79 Å². The summed E-state index contributed by atoms with van der Waals surface area (Å²) in [6, 6.07) is 0. The highest BCUT2D eigenvalue weighted by molar-refractivity contribution is 5.67. The smallest absolute Gasteiger partial charge is 0.306 e. The quantitative estimate of drug-likeness (QED) is 0.571. The molecule has 5 heteroatoms. The molecule has 0 spiro atoms. The number of rotatable bonds is 3. The second-order valence-corrected chi connectivity index (χ2v) is 2.09. The van der Waals surface area contributed by atoms with Gasteiger partial charge in [0, 0.05) is 12.4 Å². The number of carboxylic acids is 1. The minimum absolute atomic E-state index is 0.285. The van der Waals surface area contributed by atoms with Crippen molar-refractivity contribution in [2.45, 2.75) is 12.5 Å². The van der Waals surface area contributed by atoms with Crippen LogP contribution in [0.25, 0.3) is 0 Å². The van der Waals surface area contributed by atoms with Gasteiger partial charge in [-0.05, 0) is 0 Å². The number of imidazole rings is 1. The van der Waals surface area contributed by atoms with Crippen molar-refractivity contribution in [3.63, 3.8) is 0 Å². The highest BCUT2D eigenvalue weighted by Crippen LogP contribution is 2.10. The molecule has 1 atom stereocenters. The third-order valence-corrected chi connectivity index (χ3v) is 1.20. The summed E-state index contributed by atoms with van der Waals surface area (Å²) in [4.78, 5) is 16.4. The highest BCUT2D eigenvalue weighted by Gasteiger charge is 2.13. The molecule has 1 aromatic heterocycles. The van der Waals surface area contributed by atoms with Crippen LogP contribution in [0.1, 0.15) is 18.3 Å². The SMILES string of the molecule is O=C(O)C[C@@H](O)c1ncc[nH]1. The maximum absolute atomic E-state index is 10.1. The number of hydrogen-bond donors (Lipinski definition) is 3. The summed E-state index contributed by atoms with van der Waals surface area (Å²) in [6.07, 6.45) is 1.62. The molecular formula is C6H8N2O3. The van der Waals surface area contributed by atoms with E-state index in [-0.39, 0.29) is 12.2 Å². The zero-order valence-electron chi connectivity index (χ0n) is 5.69. The van der Waals surface area contributed by atoms with Crippen LogP contribution in [0.15, 0.2) is 12.4 Å². The molecule has 0 fully saturated rings. The van der Waals surface area contributed by atoms with Gasteiger partial charge in [0.1, 0.15) is 11.9 Å². The number of aliphatic hydroxyl groups is 1. The molecule has 0 bridgehead atoms. The molecule has 0 saturated heterocycles. The molecule has 3 N–H and O–H groups in total. The number of nitrogens with zero attached hydrogens (tertiary/aromatic N) is 1. The van der Waals surface area contributed by atoms with Gasteiger partial charge in [0.15, 0.2) is 0 Å². The number of aliphatic carboxylic acids is 1. The molecule has 0 saturated carbocycles. The first-order valence-corrected chi connectivity index (χ1v) is 3.09. The lowest BCUT2D eigenvalue weighted by atomic mass is 10.2. The maximum atomic E-state index is 10.1. The molecule has 0 radical (unpaired) electrons. The number of carbonyl (C=O) groups is 1. The number of hydrogen-bond acceptors (Lipinski definition) is 3. The van der Waals surface area contributed by atoms with E-state index < -0.39 is 12.1 Å². The molecular weight excluding hydrogens is 148 g/mol. The molecule has 1 heterocycles. The Hall–Kier alpha value is -1.36. The fraction of sp³-hybridized carbons (Fsp3) is 0.333. The molecule has 0 aromatic carbocycles. The maximum Gasteiger partial charge on any atom is 0.306 e. The van der Waals surface area contributed by atoms with Gasteiger partial charge >= 0.3 is 5.97 Å². The van der Waals surface area contributed by atoms with Gasteiger partial charge in [0.2, 0.25) is 0 Å². The summed E-state index contributed by atoms with van der Waals surface area (Å²) in [7, 11) is 0. The van der Waals surface area contributed by atoms with E-state index in [1.807, 2.05) is 0 Å². The van der Waals surface area contributed by atoms with Crippen LogP contribution in [0.2, 0.25) is 0 Å². The van der Waals surface area contributed by atoms with E-state index in [1.165, 1.54) is 12.4 Å². The second kappa shape index (κ2) is 3.16. The molecule has 11 heavy (non-hydrogen) atoms. The van der Waals surface area contributed by atoms with E-state index in [0.29, 0.717) is 0 Å². The predicted octanol–water partition coefficient (Wildman–Crippen LogP) is -0.0822. The third kappa shape index (κ3) is 2.05. The van der Waals surface area contributed by atoms with Gasteiger partial charge in [-0.3, -0.25) is 4.79 Å². The Morgan fingerprint density at radius 1 is 1.82 bits per heavy atom. The standard InChI is InChI=1S/C6H8N2O3/c9-4(3-5(10)11)6-7-1-2-8-6/h1-2,4,9H,3H2,(H,7,8)(H,10,11)/t4-/m1/s1. The number of H-pyrrole nitrogens is 1. The topological polar surface area (TPSA) is 86.2 Å². The fourth-order valence-corrected chi connectivity index (χ4v) is 0.722. The molecule has 1 rings (SSSR count). The van der Waals surface area contributed by atoms with Crippen LogP contribution < -0.4 is 0 Å². The van der Waals surface area contributed by atoms with Crippen molar-refractivity contribution in [2.75, 3.05) is 0 Å². The van der Waals surface area contributed by atoms with Crippen LogP contribution in [0.4, 0.5) is 0 Å².